The fourth-order valence-electron chi connectivity index (χ4n) is 2.83. The highest BCUT2D eigenvalue weighted by molar-refractivity contribution is 7.98. The van der Waals surface area contributed by atoms with Crippen LogP contribution in [-0.2, 0) is 0 Å². The van der Waals surface area contributed by atoms with Crippen LogP contribution in [0.5, 0.6) is 0 Å². The Labute approximate surface area is 164 Å². The van der Waals surface area contributed by atoms with Crippen molar-refractivity contribution in [1.29, 1.82) is 0 Å². The van der Waals surface area contributed by atoms with Crippen LogP contribution in [0.2, 0.25) is 0 Å². The minimum Gasteiger partial charge on any atom is -0.341 e. The first-order chi connectivity index (χ1) is 13.3. The molecule has 0 aliphatic heterocycles. The van der Waals surface area contributed by atoms with E-state index < -0.39 is 0 Å². The van der Waals surface area contributed by atoms with E-state index in [2.05, 4.69) is 25.7 Å². The third kappa shape index (κ3) is 3.74. The van der Waals surface area contributed by atoms with E-state index in [1.54, 1.807) is 29.2 Å². The smallest absolute Gasteiger partial charge is 0.272 e. The Hall–Kier alpha value is -2.65. The second-order valence-corrected chi connectivity index (χ2v) is 7.87. The van der Waals surface area contributed by atoms with Gasteiger partial charge in [-0.2, -0.15) is 16.9 Å². The number of hydrogen-bond acceptors (Lipinski definition) is 6. The van der Waals surface area contributed by atoms with Crippen LogP contribution in [0.1, 0.15) is 28.8 Å². The normalized spacial score (nSPS) is 12.3. The van der Waals surface area contributed by atoms with Crippen LogP contribution in [0.3, 0.4) is 0 Å². The molecule has 0 aliphatic rings. The molecule has 4 heterocycles. The number of rotatable bonds is 7. The summed E-state index contributed by atoms with van der Waals surface area (Å²) >= 11 is 3.33. The van der Waals surface area contributed by atoms with Crippen LogP contribution in [0, 0.1) is 0 Å². The highest BCUT2D eigenvalue weighted by Crippen LogP contribution is 2.24. The number of fused-ring (bicyclic) bond motifs is 1. The zero-order valence-electron chi connectivity index (χ0n) is 14.6. The minimum atomic E-state index is -0.246. The number of thiophene rings is 1. The molecule has 0 saturated heterocycles. The SMILES string of the molecule is CSCCC(NC(=O)c1cc(-c2cccs2)[nH]n1)c1nnc2ccccn12. The summed E-state index contributed by atoms with van der Waals surface area (Å²) in [5.74, 6) is 1.39. The Morgan fingerprint density at radius 1 is 1.33 bits per heavy atom. The van der Waals surface area contributed by atoms with Crippen molar-refractivity contribution in [1.82, 2.24) is 30.1 Å². The Morgan fingerprint density at radius 2 is 2.26 bits per heavy atom. The van der Waals surface area contributed by atoms with Crippen molar-refractivity contribution in [3.8, 4) is 10.6 Å². The summed E-state index contributed by atoms with van der Waals surface area (Å²) in [5, 5.41) is 20.7. The lowest BCUT2D eigenvalue weighted by atomic mass is 10.2. The maximum absolute atomic E-state index is 12.8. The molecule has 0 spiro atoms. The number of amides is 1. The molecule has 1 atom stereocenters. The van der Waals surface area contributed by atoms with Gasteiger partial charge in [-0.25, -0.2) is 0 Å². The maximum atomic E-state index is 12.8. The van der Waals surface area contributed by atoms with E-state index in [4.69, 9.17) is 0 Å². The van der Waals surface area contributed by atoms with E-state index >= 15 is 0 Å². The van der Waals surface area contributed by atoms with Crippen LogP contribution in [0.15, 0.2) is 48.0 Å². The van der Waals surface area contributed by atoms with Gasteiger partial charge in [0.15, 0.2) is 17.2 Å². The van der Waals surface area contributed by atoms with Crippen LogP contribution in [0.25, 0.3) is 16.2 Å². The highest BCUT2D eigenvalue weighted by atomic mass is 32.2. The second-order valence-electron chi connectivity index (χ2n) is 5.94. The topological polar surface area (TPSA) is 88.0 Å². The molecule has 1 amide bonds. The van der Waals surface area contributed by atoms with Gasteiger partial charge in [-0.15, -0.1) is 21.5 Å². The molecule has 1 unspecified atom stereocenters. The van der Waals surface area contributed by atoms with E-state index in [0.717, 1.165) is 34.2 Å². The van der Waals surface area contributed by atoms with Gasteiger partial charge < -0.3 is 5.32 Å². The second kappa shape index (κ2) is 7.93. The predicted octanol–water partition coefficient (Wildman–Crippen LogP) is 3.41. The van der Waals surface area contributed by atoms with Gasteiger partial charge in [0.25, 0.3) is 5.91 Å². The van der Waals surface area contributed by atoms with E-state index in [1.807, 2.05) is 52.6 Å². The molecule has 0 saturated carbocycles. The summed E-state index contributed by atoms with van der Waals surface area (Å²) in [6.07, 6.45) is 4.71. The number of carbonyl (C=O) groups excluding carboxylic acids is 1. The Kier molecular flexibility index (Phi) is 5.21. The molecule has 9 heteroatoms. The lowest BCUT2D eigenvalue weighted by Crippen LogP contribution is -2.30. The van der Waals surface area contributed by atoms with Crippen molar-refractivity contribution in [2.24, 2.45) is 0 Å². The van der Waals surface area contributed by atoms with E-state index in [-0.39, 0.29) is 11.9 Å². The standard InChI is InChI=1S/C18H18N6OS2/c1-26-10-7-12(17-23-22-16-6-2-3-8-24(16)17)19-18(25)14-11-13(20-21-14)15-5-4-9-27-15/h2-6,8-9,11-12H,7,10H2,1H3,(H,19,25)(H,20,21). The molecule has 0 fully saturated rings. The summed E-state index contributed by atoms with van der Waals surface area (Å²) in [5.41, 5.74) is 1.96. The number of carbonyl (C=O) groups is 1. The molecule has 2 N–H and O–H groups in total. The molecule has 4 rings (SSSR count). The fourth-order valence-corrected chi connectivity index (χ4v) is 3.99. The number of H-pyrrole nitrogens is 1. The van der Waals surface area contributed by atoms with Crippen LogP contribution in [-0.4, -0.2) is 42.7 Å². The first-order valence-electron chi connectivity index (χ1n) is 8.45. The molecule has 27 heavy (non-hydrogen) atoms. The van der Waals surface area contributed by atoms with Gasteiger partial charge in [-0.1, -0.05) is 12.1 Å². The van der Waals surface area contributed by atoms with Gasteiger partial charge in [0.05, 0.1) is 16.6 Å². The first kappa shape index (κ1) is 17.7. The van der Waals surface area contributed by atoms with Crippen molar-refractivity contribution in [2.45, 2.75) is 12.5 Å². The van der Waals surface area contributed by atoms with Crippen molar-refractivity contribution in [3.63, 3.8) is 0 Å². The largest absolute Gasteiger partial charge is 0.341 e. The number of aromatic nitrogens is 5. The average molecular weight is 399 g/mol. The first-order valence-corrected chi connectivity index (χ1v) is 10.7. The average Bonchev–Trinajstić information content (AvgIpc) is 3.44. The summed E-state index contributed by atoms with van der Waals surface area (Å²) < 4.78 is 1.91. The molecule has 7 nitrogen and oxygen atoms in total. The Morgan fingerprint density at radius 3 is 3.07 bits per heavy atom. The lowest BCUT2D eigenvalue weighted by molar-refractivity contribution is 0.0928. The molecule has 4 aromatic rings. The van der Waals surface area contributed by atoms with Crippen LogP contribution < -0.4 is 5.32 Å². The van der Waals surface area contributed by atoms with Crippen LogP contribution >= 0.6 is 23.1 Å². The zero-order chi connectivity index (χ0) is 18.6. The van der Waals surface area contributed by atoms with Gasteiger partial charge in [0, 0.05) is 6.20 Å². The van der Waals surface area contributed by atoms with Gasteiger partial charge in [-0.05, 0) is 48.1 Å². The van der Waals surface area contributed by atoms with Gasteiger partial charge >= 0.3 is 0 Å². The number of aromatic amines is 1. The zero-order valence-corrected chi connectivity index (χ0v) is 16.3. The van der Waals surface area contributed by atoms with E-state index in [1.165, 1.54) is 0 Å². The Balaban J connectivity index is 1.57. The molecule has 0 aliphatic carbocycles. The Bertz CT molecular complexity index is 1040. The molecule has 0 radical (unpaired) electrons. The number of thioether (sulfide) groups is 1. The molecular formula is C18H18N6OS2. The van der Waals surface area contributed by atoms with Crippen molar-refractivity contribution in [2.75, 3.05) is 12.0 Å². The minimum absolute atomic E-state index is 0.229. The molecular weight excluding hydrogens is 380 g/mol. The quantitative estimate of drug-likeness (QED) is 0.498. The summed E-state index contributed by atoms with van der Waals surface area (Å²) in [6.45, 7) is 0. The maximum Gasteiger partial charge on any atom is 0.272 e. The van der Waals surface area contributed by atoms with E-state index in [9.17, 15) is 4.79 Å². The lowest BCUT2D eigenvalue weighted by Gasteiger charge is -2.16. The summed E-state index contributed by atoms with van der Waals surface area (Å²) in [6, 6.07) is 11.2. The molecule has 138 valence electrons. The fraction of sp³-hybridized carbons (Fsp3) is 0.222. The summed E-state index contributed by atoms with van der Waals surface area (Å²) in [7, 11) is 0. The molecule has 0 aromatic carbocycles. The van der Waals surface area contributed by atoms with Crippen molar-refractivity contribution >= 4 is 34.7 Å². The summed E-state index contributed by atoms with van der Waals surface area (Å²) in [4.78, 5) is 13.8. The number of nitrogens with zero attached hydrogens (tertiary/aromatic N) is 4. The number of hydrogen-bond donors (Lipinski definition) is 2. The highest BCUT2D eigenvalue weighted by Gasteiger charge is 2.22. The third-order valence-electron chi connectivity index (χ3n) is 4.16. The van der Waals surface area contributed by atoms with E-state index in [0.29, 0.717) is 5.69 Å². The van der Waals surface area contributed by atoms with Gasteiger partial charge in [-0.3, -0.25) is 14.3 Å². The monoisotopic (exact) mass is 398 g/mol. The third-order valence-corrected chi connectivity index (χ3v) is 5.71. The number of nitrogens with one attached hydrogen (secondary N) is 2. The van der Waals surface area contributed by atoms with Crippen molar-refractivity contribution < 1.29 is 4.79 Å². The van der Waals surface area contributed by atoms with Crippen molar-refractivity contribution in [3.05, 3.63) is 59.5 Å². The molecule has 4 aromatic heterocycles. The van der Waals surface area contributed by atoms with Gasteiger partial charge in [0.2, 0.25) is 0 Å². The predicted molar refractivity (Wildman–Crippen MR) is 108 cm³/mol. The van der Waals surface area contributed by atoms with Crippen LogP contribution in [0.4, 0.5) is 0 Å². The molecule has 0 bridgehead atoms. The number of pyridine rings is 1. The van der Waals surface area contributed by atoms with Gasteiger partial charge in [0.1, 0.15) is 0 Å².